The highest BCUT2D eigenvalue weighted by molar-refractivity contribution is 5.33. The molecule has 0 saturated heterocycles. The van der Waals surface area contributed by atoms with Crippen molar-refractivity contribution in [3.63, 3.8) is 0 Å². The van der Waals surface area contributed by atoms with Crippen molar-refractivity contribution in [2.24, 2.45) is 5.92 Å². The molecule has 0 spiro atoms. The Bertz CT molecular complexity index is 299. The van der Waals surface area contributed by atoms with Crippen molar-refractivity contribution in [2.75, 3.05) is 0 Å². The van der Waals surface area contributed by atoms with Crippen LogP contribution in [0.5, 0.6) is 0 Å². The van der Waals surface area contributed by atoms with E-state index in [0.717, 1.165) is 32.1 Å². The van der Waals surface area contributed by atoms with Crippen molar-refractivity contribution in [1.29, 1.82) is 0 Å². The fourth-order valence-electron chi connectivity index (χ4n) is 3.53. The van der Waals surface area contributed by atoms with Crippen molar-refractivity contribution in [1.82, 2.24) is 5.06 Å². The molecule has 0 saturated carbocycles. The van der Waals surface area contributed by atoms with E-state index in [-0.39, 0.29) is 11.1 Å². The van der Waals surface area contributed by atoms with Crippen LogP contribution in [-0.4, -0.2) is 21.3 Å². The van der Waals surface area contributed by atoms with Gasteiger partial charge in [-0.15, -0.1) is 0 Å². The van der Waals surface area contributed by atoms with E-state index in [4.69, 9.17) is 0 Å². The van der Waals surface area contributed by atoms with Gasteiger partial charge in [-0.3, -0.25) is 0 Å². The van der Waals surface area contributed by atoms with Crippen LogP contribution in [0.15, 0.2) is 11.6 Å². The SMILES string of the molecule is CC.CCC1(CC)C=C(CC(C)C)C(CC)(CC)N1O. The molecule has 0 unspecified atom stereocenters. The summed E-state index contributed by atoms with van der Waals surface area (Å²) in [6, 6.07) is 0. The normalized spacial score (nSPS) is 20.6. The molecule has 0 aromatic heterocycles. The smallest absolute Gasteiger partial charge is 0.0674 e. The highest BCUT2D eigenvalue weighted by Crippen LogP contribution is 2.48. The monoisotopic (exact) mass is 283 g/mol. The van der Waals surface area contributed by atoms with E-state index in [2.05, 4.69) is 47.6 Å². The molecule has 120 valence electrons. The van der Waals surface area contributed by atoms with E-state index in [1.54, 1.807) is 5.06 Å². The molecule has 2 nitrogen and oxygen atoms in total. The van der Waals surface area contributed by atoms with E-state index in [1.807, 2.05) is 13.8 Å². The van der Waals surface area contributed by atoms with Crippen LogP contribution in [0.2, 0.25) is 0 Å². The van der Waals surface area contributed by atoms with Crippen LogP contribution in [-0.2, 0) is 0 Å². The van der Waals surface area contributed by atoms with Crippen LogP contribution < -0.4 is 0 Å². The fourth-order valence-corrected chi connectivity index (χ4v) is 3.53. The van der Waals surface area contributed by atoms with Crippen LogP contribution in [0.3, 0.4) is 0 Å². The highest BCUT2D eigenvalue weighted by Gasteiger charge is 2.51. The van der Waals surface area contributed by atoms with Crippen molar-refractivity contribution in [3.8, 4) is 0 Å². The van der Waals surface area contributed by atoms with Gasteiger partial charge in [-0.05, 0) is 43.6 Å². The molecule has 0 fully saturated rings. The molecule has 2 heteroatoms. The van der Waals surface area contributed by atoms with Gasteiger partial charge in [-0.2, -0.15) is 5.06 Å². The first-order valence-electron chi connectivity index (χ1n) is 8.63. The third-order valence-electron chi connectivity index (χ3n) is 4.89. The maximum atomic E-state index is 10.8. The lowest BCUT2D eigenvalue weighted by Gasteiger charge is -2.43. The third-order valence-corrected chi connectivity index (χ3v) is 4.89. The summed E-state index contributed by atoms with van der Waals surface area (Å²) in [5, 5.41) is 12.5. The molecule has 0 aromatic rings. The summed E-state index contributed by atoms with van der Waals surface area (Å²) in [5.74, 6) is 0.645. The van der Waals surface area contributed by atoms with Gasteiger partial charge in [-0.1, -0.05) is 61.5 Å². The van der Waals surface area contributed by atoms with Gasteiger partial charge in [0.1, 0.15) is 0 Å². The summed E-state index contributed by atoms with van der Waals surface area (Å²) in [4.78, 5) is 0. The van der Waals surface area contributed by atoms with Crippen molar-refractivity contribution >= 4 is 0 Å². The lowest BCUT2D eigenvalue weighted by Crippen LogP contribution is -2.53. The molecule has 1 aliphatic heterocycles. The average Bonchev–Trinajstić information content (AvgIpc) is 2.70. The average molecular weight is 283 g/mol. The fraction of sp³-hybridized carbons (Fsp3) is 0.889. The molecule has 1 N–H and O–H groups in total. The molecule has 0 radical (unpaired) electrons. The van der Waals surface area contributed by atoms with Crippen molar-refractivity contribution in [2.45, 2.75) is 98.6 Å². The van der Waals surface area contributed by atoms with Gasteiger partial charge in [0.2, 0.25) is 0 Å². The number of hydrogen-bond acceptors (Lipinski definition) is 2. The zero-order valence-electron chi connectivity index (χ0n) is 15.1. The Morgan fingerprint density at radius 1 is 1.00 bits per heavy atom. The minimum Gasteiger partial charge on any atom is -0.312 e. The molecule has 0 aliphatic carbocycles. The summed E-state index contributed by atoms with van der Waals surface area (Å²) in [5.41, 5.74) is 1.18. The van der Waals surface area contributed by atoms with Gasteiger partial charge in [-0.25, -0.2) is 0 Å². The van der Waals surface area contributed by atoms with Gasteiger partial charge in [0, 0.05) is 0 Å². The molecule has 20 heavy (non-hydrogen) atoms. The van der Waals surface area contributed by atoms with Crippen LogP contribution >= 0.6 is 0 Å². The summed E-state index contributed by atoms with van der Waals surface area (Å²) >= 11 is 0. The quantitative estimate of drug-likeness (QED) is 0.622. The summed E-state index contributed by atoms with van der Waals surface area (Å²) in [6.07, 6.45) is 7.40. The van der Waals surface area contributed by atoms with Crippen LogP contribution in [0, 0.1) is 5.92 Å². The van der Waals surface area contributed by atoms with E-state index in [9.17, 15) is 5.21 Å². The first-order chi connectivity index (χ1) is 9.42. The second kappa shape index (κ2) is 8.19. The van der Waals surface area contributed by atoms with Gasteiger partial charge in [0.05, 0.1) is 11.1 Å². The highest BCUT2D eigenvalue weighted by atomic mass is 16.5. The molecular weight excluding hydrogens is 246 g/mol. The predicted molar refractivity (Wildman–Crippen MR) is 89.1 cm³/mol. The Labute approximate surface area is 127 Å². The molecule has 0 atom stereocenters. The van der Waals surface area contributed by atoms with E-state index in [1.165, 1.54) is 5.57 Å². The zero-order valence-corrected chi connectivity index (χ0v) is 15.1. The summed E-state index contributed by atoms with van der Waals surface area (Å²) < 4.78 is 0. The van der Waals surface area contributed by atoms with Crippen LogP contribution in [0.1, 0.15) is 87.5 Å². The number of hydrogen-bond donors (Lipinski definition) is 1. The second-order valence-electron chi connectivity index (χ2n) is 6.13. The Morgan fingerprint density at radius 3 is 1.75 bits per heavy atom. The summed E-state index contributed by atoms with van der Waals surface area (Å²) in [6.45, 7) is 17.3. The summed E-state index contributed by atoms with van der Waals surface area (Å²) in [7, 11) is 0. The maximum absolute atomic E-state index is 10.8. The molecule has 0 aromatic carbocycles. The van der Waals surface area contributed by atoms with E-state index in [0.29, 0.717) is 5.92 Å². The maximum Gasteiger partial charge on any atom is 0.0674 e. The Hall–Kier alpha value is -0.340. The second-order valence-corrected chi connectivity index (χ2v) is 6.13. The Kier molecular flexibility index (Phi) is 8.05. The number of rotatable bonds is 6. The zero-order chi connectivity index (χ0) is 16.0. The first-order valence-corrected chi connectivity index (χ1v) is 8.63. The van der Waals surface area contributed by atoms with Gasteiger partial charge >= 0.3 is 0 Å². The largest absolute Gasteiger partial charge is 0.312 e. The first kappa shape index (κ1) is 19.7. The predicted octanol–water partition coefficient (Wildman–Crippen LogP) is 5.81. The van der Waals surface area contributed by atoms with E-state index >= 15 is 0 Å². The molecule has 1 aliphatic rings. The van der Waals surface area contributed by atoms with E-state index < -0.39 is 0 Å². The number of nitrogens with zero attached hydrogens (tertiary/aromatic N) is 1. The Morgan fingerprint density at radius 2 is 1.45 bits per heavy atom. The third kappa shape index (κ3) is 3.28. The number of hydroxylamine groups is 2. The molecule has 0 bridgehead atoms. The van der Waals surface area contributed by atoms with Crippen LogP contribution in [0.4, 0.5) is 0 Å². The van der Waals surface area contributed by atoms with Gasteiger partial charge in [0.25, 0.3) is 0 Å². The Balaban J connectivity index is 0.00000172. The standard InChI is InChI=1S/C16H31NO.C2H6/c1-7-15(8-2)12-14(11-13(5)6)16(9-3,10-4)17(15)18;1-2/h12-13,18H,7-11H2,1-6H3;1-2H3. The van der Waals surface area contributed by atoms with Gasteiger partial charge in [0.15, 0.2) is 0 Å². The molecule has 0 amide bonds. The lowest BCUT2D eigenvalue weighted by atomic mass is 9.82. The minimum absolute atomic E-state index is 0.129. The topological polar surface area (TPSA) is 23.5 Å². The van der Waals surface area contributed by atoms with Gasteiger partial charge < -0.3 is 5.21 Å². The molecular formula is C18H37NO. The van der Waals surface area contributed by atoms with Crippen molar-refractivity contribution in [3.05, 3.63) is 11.6 Å². The van der Waals surface area contributed by atoms with Crippen LogP contribution in [0.25, 0.3) is 0 Å². The van der Waals surface area contributed by atoms with Crippen molar-refractivity contribution < 1.29 is 5.21 Å². The minimum atomic E-state index is -0.143. The lowest BCUT2D eigenvalue weighted by molar-refractivity contribution is -0.209. The molecule has 1 heterocycles. The molecule has 1 rings (SSSR count).